The van der Waals surface area contributed by atoms with Crippen molar-refractivity contribution in [1.29, 1.82) is 0 Å². The predicted octanol–water partition coefficient (Wildman–Crippen LogP) is 2.83. The maximum Gasteiger partial charge on any atom is 0.226 e. The van der Waals surface area contributed by atoms with Gasteiger partial charge in [0.1, 0.15) is 5.82 Å². The first-order chi connectivity index (χ1) is 10.1. The molecular weight excluding hydrogens is 262 g/mol. The molecule has 1 aromatic carbocycles. The molecule has 4 nitrogen and oxygen atoms in total. The van der Waals surface area contributed by atoms with Crippen molar-refractivity contribution in [3.05, 3.63) is 29.6 Å². The van der Waals surface area contributed by atoms with Gasteiger partial charge in [0, 0.05) is 20.1 Å². The van der Waals surface area contributed by atoms with Crippen molar-refractivity contribution in [2.24, 2.45) is 7.05 Å². The van der Waals surface area contributed by atoms with E-state index in [1.54, 1.807) is 0 Å². The van der Waals surface area contributed by atoms with E-state index in [-0.39, 0.29) is 5.91 Å². The highest BCUT2D eigenvalue weighted by atomic mass is 16.2. The van der Waals surface area contributed by atoms with Gasteiger partial charge in [0.05, 0.1) is 17.5 Å². The van der Waals surface area contributed by atoms with Crippen LogP contribution >= 0.6 is 0 Å². The summed E-state index contributed by atoms with van der Waals surface area (Å²) in [5.74, 6) is 1.25. The average Bonchev–Trinajstić information content (AvgIpc) is 2.68. The van der Waals surface area contributed by atoms with Crippen LogP contribution in [0.4, 0.5) is 0 Å². The lowest BCUT2D eigenvalue weighted by Crippen LogP contribution is -2.33. The molecule has 0 saturated carbocycles. The molecule has 1 aliphatic rings. The van der Waals surface area contributed by atoms with Crippen molar-refractivity contribution in [3.8, 4) is 0 Å². The number of nitrogens with zero attached hydrogens (tertiary/aromatic N) is 3. The van der Waals surface area contributed by atoms with Crippen LogP contribution in [0.2, 0.25) is 0 Å². The van der Waals surface area contributed by atoms with E-state index in [0.717, 1.165) is 48.4 Å². The van der Waals surface area contributed by atoms with Crippen LogP contribution in [0.5, 0.6) is 0 Å². The van der Waals surface area contributed by atoms with Crippen molar-refractivity contribution in [2.75, 3.05) is 13.1 Å². The molecule has 2 heterocycles. The maximum atomic E-state index is 12.4. The number of rotatable bonds is 2. The molecule has 0 unspecified atom stereocenters. The number of benzene rings is 1. The van der Waals surface area contributed by atoms with Crippen molar-refractivity contribution in [1.82, 2.24) is 14.5 Å². The number of aryl methyl sites for hydroxylation is 2. The molecule has 0 atom stereocenters. The molecule has 0 bridgehead atoms. The number of carbonyl (C=O) groups is 1. The van der Waals surface area contributed by atoms with Crippen molar-refractivity contribution < 1.29 is 4.79 Å². The van der Waals surface area contributed by atoms with E-state index >= 15 is 0 Å². The van der Waals surface area contributed by atoms with Crippen molar-refractivity contribution in [3.63, 3.8) is 0 Å². The molecule has 1 aromatic heterocycles. The fraction of sp³-hybridized carbons (Fsp3) is 0.529. The largest absolute Gasteiger partial charge is 0.342 e. The van der Waals surface area contributed by atoms with E-state index in [0.29, 0.717) is 6.42 Å². The molecule has 0 spiro atoms. The molecule has 4 heteroatoms. The summed E-state index contributed by atoms with van der Waals surface area (Å²) in [6, 6.07) is 6.18. The standard InChI is InChI=1S/C17H23N3O/c1-13-18-15-11-14(7-8-16(15)19(13)2)12-17(21)20-9-5-3-4-6-10-20/h7-8,11H,3-6,9-10,12H2,1-2H3. The first-order valence-electron chi connectivity index (χ1n) is 7.85. The second kappa shape index (κ2) is 5.88. The summed E-state index contributed by atoms with van der Waals surface area (Å²) in [5, 5.41) is 0. The summed E-state index contributed by atoms with van der Waals surface area (Å²) < 4.78 is 2.08. The Balaban J connectivity index is 1.76. The van der Waals surface area contributed by atoms with Crippen molar-refractivity contribution in [2.45, 2.75) is 39.0 Å². The summed E-state index contributed by atoms with van der Waals surface area (Å²) in [7, 11) is 2.02. The van der Waals surface area contributed by atoms with Gasteiger partial charge in [-0.25, -0.2) is 4.98 Å². The number of hydrogen-bond donors (Lipinski definition) is 0. The molecular formula is C17H23N3O. The molecule has 1 amide bonds. The van der Waals surface area contributed by atoms with Gasteiger partial charge in [-0.3, -0.25) is 4.79 Å². The Bertz CT molecular complexity index is 651. The summed E-state index contributed by atoms with van der Waals surface area (Å²) in [5.41, 5.74) is 3.17. The third kappa shape index (κ3) is 2.94. The number of fused-ring (bicyclic) bond motifs is 1. The molecule has 0 N–H and O–H groups in total. The van der Waals surface area contributed by atoms with Gasteiger partial charge in [-0.05, 0) is 37.5 Å². The Kier molecular flexibility index (Phi) is 3.95. The molecule has 1 saturated heterocycles. The lowest BCUT2D eigenvalue weighted by molar-refractivity contribution is -0.130. The lowest BCUT2D eigenvalue weighted by atomic mass is 10.1. The fourth-order valence-electron chi connectivity index (χ4n) is 3.08. The first-order valence-corrected chi connectivity index (χ1v) is 7.85. The molecule has 1 aliphatic heterocycles. The monoisotopic (exact) mass is 285 g/mol. The van der Waals surface area contributed by atoms with Crippen LogP contribution in [0.15, 0.2) is 18.2 Å². The van der Waals surface area contributed by atoms with E-state index in [1.807, 2.05) is 18.9 Å². The van der Waals surface area contributed by atoms with Gasteiger partial charge in [0.15, 0.2) is 0 Å². The predicted molar refractivity (Wildman–Crippen MR) is 84.2 cm³/mol. The summed E-state index contributed by atoms with van der Waals surface area (Å²) in [6.07, 6.45) is 5.28. The number of likely N-dealkylation sites (tertiary alicyclic amines) is 1. The van der Waals surface area contributed by atoms with Gasteiger partial charge in [-0.1, -0.05) is 18.9 Å². The number of amides is 1. The van der Waals surface area contributed by atoms with Crippen LogP contribution in [-0.2, 0) is 18.3 Å². The quantitative estimate of drug-likeness (QED) is 0.851. The zero-order valence-electron chi connectivity index (χ0n) is 12.9. The van der Waals surface area contributed by atoms with Crippen LogP contribution < -0.4 is 0 Å². The van der Waals surface area contributed by atoms with E-state index < -0.39 is 0 Å². The molecule has 3 rings (SSSR count). The molecule has 112 valence electrons. The number of hydrogen-bond acceptors (Lipinski definition) is 2. The SMILES string of the molecule is Cc1nc2cc(CC(=O)N3CCCCCC3)ccc2n1C. The average molecular weight is 285 g/mol. The minimum Gasteiger partial charge on any atom is -0.342 e. The molecule has 1 fully saturated rings. The molecule has 0 aliphatic carbocycles. The van der Waals surface area contributed by atoms with Crippen LogP contribution in [0, 0.1) is 6.92 Å². The fourth-order valence-corrected chi connectivity index (χ4v) is 3.08. The third-order valence-electron chi connectivity index (χ3n) is 4.48. The Morgan fingerprint density at radius 1 is 1.19 bits per heavy atom. The van der Waals surface area contributed by atoms with Crippen LogP contribution in [0.3, 0.4) is 0 Å². The maximum absolute atomic E-state index is 12.4. The highest BCUT2D eigenvalue weighted by Gasteiger charge is 2.16. The second-order valence-electron chi connectivity index (χ2n) is 6.01. The van der Waals surface area contributed by atoms with Gasteiger partial charge >= 0.3 is 0 Å². The highest BCUT2D eigenvalue weighted by molar-refractivity contribution is 5.82. The zero-order valence-corrected chi connectivity index (χ0v) is 12.9. The number of imidazole rings is 1. The van der Waals surface area contributed by atoms with Crippen LogP contribution in [0.1, 0.15) is 37.1 Å². The molecule has 21 heavy (non-hydrogen) atoms. The highest BCUT2D eigenvalue weighted by Crippen LogP contribution is 2.18. The summed E-state index contributed by atoms with van der Waals surface area (Å²) in [6.45, 7) is 3.84. The van der Waals surface area contributed by atoms with Crippen LogP contribution in [-0.4, -0.2) is 33.4 Å². The topological polar surface area (TPSA) is 38.1 Å². The van der Waals surface area contributed by atoms with E-state index in [1.165, 1.54) is 12.8 Å². The summed E-state index contributed by atoms with van der Waals surface area (Å²) in [4.78, 5) is 19.0. The lowest BCUT2D eigenvalue weighted by Gasteiger charge is -2.20. The molecule has 2 aromatic rings. The Morgan fingerprint density at radius 2 is 1.90 bits per heavy atom. The van der Waals surface area contributed by atoms with Gasteiger partial charge < -0.3 is 9.47 Å². The van der Waals surface area contributed by atoms with E-state index in [2.05, 4.69) is 27.8 Å². The molecule has 0 radical (unpaired) electrons. The van der Waals surface area contributed by atoms with E-state index in [9.17, 15) is 4.79 Å². The number of carbonyl (C=O) groups excluding carboxylic acids is 1. The second-order valence-corrected chi connectivity index (χ2v) is 6.01. The van der Waals surface area contributed by atoms with Gasteiger partial charge in [-0.2, -0.15) is 0 Å². The zero-order chi connectivity index (χ0) is 14.8. The number of aromatic nitrogens is 2. The first kappa shape index (κ1) is 14.1. The minimum absolute atomic E-state index is 0.254. The summed E-state index contributed by atoms with van der Waals surface area (Å²) >= 11 is 0. The Labute approximate surface area is 125 Å². The van der Waals surface area contributed by atoms with Gasteiger partial charge in [0.25, 0.3) is 0 Å². The van der Waals surface area contributed by atoms with Gasteiger partial charge in [-0.15, -0.1) is 0 Å². The van der Waals surface area contributed by atoms with E-state index in [4.69, 9.17) is 0 Å². The smallest absolute Gasteiger partial charge is 0.226 e. The Morgan fingerprint density at radius 3 is 2.62 bits per heavy atom. The van der Waals surface area contributed by atoms with Gasteiger partial charge in [0.2, 0.25) is 5.91 Å². The minimum atomic E-state index is 0.254. The third-order valence-corrected chi connectivity index (χ3v) is 4.48. The Hall–Kier alpha value is -1.84. The van der Waals surface area contributed by atoms with Crippen LogP contribution in [0.25, 0.3) is 11.0 Å². The normalized spacial score (nSPS) is 16.2. The van der Waals surface area contributed by atoms with Crippen molar-refractivity contribution >= 4 is 16.9 Å².